The molecule has 1 N–H and O–H groups in total. The van der Waals surface area contributed by atoms with E-state index in [0.29, 0.717) is 37.9 Å². The van der Waals surface area contributed by atoms with Crippen molar-refractivity contribution in [3.63, 3.8) is 0 Å². The number of carbonyl (C=O) groups is 1. The maximum absolute atomic E-state index is 13.1. The number of nitrogens with one attached hydrogen (secondary N) is 1. The predicted molar refractivity (Wildman–Crippen MR) is 92.9 cm³/mol. The number of halogens is 1. The van der Waals surface area contributed by atoms with Crippen LogP contribution < -0.4 is 5.32 Å². The number of benzene rings is 1. The second-order valence-corrected chi connectivity index (χ2v) is 6.80. The fourth-order valence-electron chi connectivity index (χ4n) is 2.94. The van der Waals surface area contributed by atoms with Gasteiger partial charge in [-0.3, -0.25) is 9.48 Å². The molecular formula is C19H24FN3O2. The van der Waals surface area contributed by atoms with Gasteiger partial charge in [0.15, 0.2) is 5.69 Å². The first-order chi connectivity index (χ1) is 12.0. The Morgan fingerprint density at radius 1 is 1.36 bits per heavy atom. The smallest absolute Gasteiger partial charge is 0.272 e. The van der Waals surface area contributed by atoms with Crippen molar-refractivity contribution < 1.29 is 13.9 Å². The van der Waals surface area contributed by atoms with Crippen molar-refractivity contribution in [1.29, 1.82) is 0 Å². The van der Waals surface area contributed by atoms with Gasteiger partial charge in [-0.2, -0.15) is 5.10 Å². The van der Waals surface area contributed by atoms with Gasteiger partial charge in [-0.25, -0.2) is 4.39 Å². The zero-order valence-electron chi connectivity index (χ0n) is 14.7. The number of aromatic nitrogens is 2. The second-order valence-electron chi connectivity index (χ2n) is 6.80. The van der Waals surface area contributed by atoms with Crippen LogP contribution in [0.2, 0.25) is 0 Å². The van der Waals surface area contributed by atoms with Crippen molar-refractivity contribution in [3.8, 4) is 0 Å². The quantitative estimate of drug-likeness (QED) is 0.876. The van der Waals surface area contributed by atoms with Crippen molar-refractivity contribution in [2.75, 3.05) is 13.2 Å². The molecule has 0 unspecified atom stereocenters. The summed E-state index contributed by atoms with van der Waals surface area (Å²) in [7, 11) is 0. The van der Waals surface area contributed by atoms with Gasteiger partial charge in [0.1, 0.15) is 5.82 Å². The lowest BCUT2D eigenvalue weighted by atomic mass is 10.1. The molecule has 0 aliphatic carbocycles. The molecule has 134 valence electrons. The van der Waals surface area contributed by atoms with Gasteiger partial charge in [0.25, 0.3) is 5.91 Å². The Labute approximate surface area is 147 Å². The Morgan fingerprint density at radius 3 is 2.84 bits per heavy atom. The minimum atomic E-state index is -0.259. The standard InChI is InChI=1S/C19H24FN3O2/c1-13(2)7-9-21-19(24)18-16-12-25-10-8-17(16)23(22-18)11-14-3-5-15(20)6-4-14/h3-6,13H,7-12H2,1-2H3,(H,21,24). The fourth-order valence-corrected chi connectivity index (χ4v) is 2.94. The lowest BCUT2D eigenvalue weighted by molar-refractivity contribution is 0.0923. The summed E-state index contributed by atoms with van der Waals surface area (Å²) in [6.45, 7) is 6.43. The van der Waals surface area contributed by atoms with Crippen LogP contribution in [0.1, 0.15) is 47.6 Å². The molecule has 0 spiro atoms. The van der Waals surface area contributed by atoms with Gasteiger partial charge in [-0.1, -0.05) is 26.0 Å². The molecule has 0 saturated carbocycles. The average Bonchev–Trinajstić information content (AvgIpc) is 2.95. The largest absolute Gasteiger partial charge is 0.376 e. The van der Waals surface area contributed by atoms with Crippen molar-refractivity contribution >= 4 is 5.91 Å². The number of amides is 1. The Bertz CT molecular complexity index is 738. The molecule has 2 heterocycles. The molecule has 0 saturated heterocycles. The number of hydrogen-bond acceptors (Lipinski definition) is 3. The lowest BCUT2D eigenvalue weighted by Gasteiger charge is -2.15. The van der Waals surface area contributed by atoms with Gasteiger partial charge in [-0.05, 0) is 30.0 Å². The Kier molecular flexibility index (Phi) is 5.48. The van der Waals surface area contributed by atoms with Crippen LogP contribution in [-0.2, 0) is 24.3 Å². The van der Waals surface area contributed by atoms with Gasteiger partial charge >= 0.3 is 0 Å². The van der Waals surface area contributed by atoms with Gasteiger partial charge < -0.3 is 10.1 Å². The van der Waals surface area contributed by atoms with Crippen LogP contribution in [0.4, 0.5) is 4.39 Å². The van der Waals surface area contributed by atoms with E-state index in [-0.39, 0.29) is 11.7 Å². The summed E-state index contributed by atoms with van der Waals surface area (Å²) >= 11 is 0. The van der Waals surface area contributed by atoms with Crippen LogP contribution >= 0.6 is 0 Å². The van der Waals surface area contributed by atoms with E-state index in [1.54, 1.807) is 12.1 Å². The minimum absolute atomic E-state index is 0.153. The molecular weight excluding hydrogens is 321 g/mol. The molecule has 0 bridgehead atoms. The molecule has 0 atom stereocenters. The van der Waals surface area contributed by atoms with Crippen LogP contribution in [0.3, 0.4) is 0 Å². The van der Waals surface area contributed by atoms with E-state index in [2.05, 4.69) is 24.3 Å². The molecule has 25 heavy (non-hydrogen) atoms. The lowest BCUT2D eigenvalue weighted by Crippen LogP contribution is -2.27. The Morgan fingerprint density at radius 2 is 2.12 bits per heavy atom. The van der Waals surface area contributed by atoms with E-state index < -0.39 is 0 Å². The maximum atomic E-state index is 13.1. The zero-order valence-corrected chi connectivity index (χ0v) is 14.7. The van der Waals surface area contributed by atoms with E-state index in [1.165, 1.54) is 12.1 Å². The zero-order chi connectivity index (χ0) is 17.8. The Hall–Kier alpha value is -2.21. The first-order valence-electron chi connectivity index (χ1n) is 8.73. The predicted octanol–water partition coefficient (Wildman–Crippen LogP) is 2.92. The first kappa shape index (κ1) is 17.6. The van der Waals surface area contributed by atoms with Gasteiger partial charge in [0, 0.05) is 24.2 Å². The number of carbonyl (C=O) groups excluding carboxylic acids is 1. The van der Waals surface area contributed by atoms with E-state index in [0.717, 1.165) is 29.7 Å². The highest BCUT2D eigenvalue weighted by Crippen LogP contribution is 2.22. The van der Waals surface area contributed by atoms with E-state index >= 15 is 0 Å². The van der Waals surface area contributed by atoms with Crippen LogP contribution in [-0.4, -0.2) is 28.8 Å². The van der Waals surface area contributed by atoms with Gasteiger partial charge in [-0.15, -0.1) is 0 Å². The Balaban J connectivity index is 1.80. The molecule has 1 aliphatic rings. The van der Waals surface area contributed by atoms with Crippen LogP contribution in [0.5, 0.6) is 0 Å². The molecule has 1 aromatic heterocycles. The number of hydrogen-bond donors (Lipinski definition) is 1. The van der Waals surface area contributed by atoms with Crippen molar-refractivity contribution in [2.24, 2.45) is 5.92 Å². The molecule has 3 rings (SSSR count). The summed E-state index contributed by atoms with van der Waals surface area (Å²) in [5.74, 6) is 0.124. The number of ether oxygens (including phenoxy) is 1. The number of rotatable bonds is 6. The van der Waals surface area contributed by atoms with Gasteiger partial charge in [0.05, 0.1) is 19.8 Å². The number of nitrogens with zero attached hydrogens (tertiary/aromatic N) is 2. The summed E-state index contributed by atoms with van der Waals surface area (Å²) < 4.78 is 20.5. The molecule has 1 aliphatic heterocycles. The molecule has 0 radical (unpaired) electrons. The number of fused-ring (bicyclic) bond motifs is 1. The highest BCUT2D eigenvalue weighted by Gasteiger charge is 2.25. The molecule has 5 nitrogen and oxygen atoms in total. The molecule has 2 aromatic rings. The third-order valence-corrected chi connectivity index (χ3v) is 4.36. The van der Waals surface area contributed by atoms with E-state index in [9.17, 15) is 9.18 Å². The topological polar surface area (TPSA) is 56.2 Å². The van der Waals surface area contributed by atoms with Crippen LogP contribution in [0.15, 0.2) is 24.3 Å². The summed E-state index contributed by atoms with van der Waals surface area (Å²) in [6.07, 6.45) is 1.66. The van der Waals surface area contributed by atoms with Crippen molar-refractivity contribution in [1.82, 2.24) is 15.1 Å². The fraction of sp³-hybridized carbons (Fsp3) is 0.474. The summed E-state index contributed by atoms with van der Waals surface area (Å²) in [6, 6.07) is 6.36. The monoisotopic (exact) mass is 345 g/mol. The van der Waals surface area contributed by atoms with Crippen molar-refractivity contribution in [3.05, 3.63) is 52.6 Å². The average molecular weight is 345 g/mol. The SMILES string of the molecule is CC(C)CCNC(=O)c1nn(Cc2ccc(F)cc2)c2c1COCC2. The first-order valence-corrected chi connectivity index (χ1v) is 8.73. The highest BCUT2D eigenvalue weighted by atomic mass is 19.1. The normalized spacial score (nSPS) is 13.8. The molecule has 6 heteroatoms. The van der Waals surface area contributed by atoms with Crippen molar-refractivity contribution in [2.45, 2.75) is 39.8 Å². The summed E-state index contributed by atoms with van der Waals surface area (Å²) in [4.78, 5) is 12.5. The third kappa shape index (κ3) is 4.25. The van der Waals surface area contributed by atoms with Crippen LogP contribution in [0, 0.1) is 11.7 Å². The molecule has 1 amide bonds. The highest BCUT2D eigenvalue weighted by molar-refractivity contribution is 5.94. The minimum Gasteiger partial charge on any atom is -0.376 e. The second kappa shape index (κ2) is 7.78. The van der Waals surface area contributed by atoms with Crippen LogP contribution in [0.25, 0.3) is 0 Å². The maximum Gasteiger partial charge on any atom is 0.272 e. The van der Waals surface area contributed by atoms with Gasteiger partial charge in [0.2, 0.25) is 0 Å². The van der Waals surface area contributed by atoms with E-state index in [4.69, 9.17) is 4.74 Å². The molecule has 0 fully saturated rings. The molecule has 1 aromatic carbocycles. The third-order valence-electron chi connectivity index (χ3n) is 4.36. The summed E-state index contributed by atoms with van der Waals surface area (Å²) in [5, 5.41) is 7.48. The summed E-state index contributed by atoms with van der Waals surface area (Å²) in [5.41, 5.74) is 3.30. The van der Waals surface area contributed by atoms with E-state index in [1.807, 2.05) is 4.68 Å².